The lowest BCUT2D eigenvalue weighted by Crippen LogP contribution is -2.58. The Morgan fingerprint density at radius 1 is 1.35 bits per heavy atom. The summed E-state index contributed by atoms with van der Waals surface area (Å²) in [6.45, 7) is 5.10. The fourth-order valence-electron chi connectivity index (χ4n) is 1.55. The summed E-state index contributed by atoms with van der Waals surface area (Å²) in [6.07, 6.45) is 0. The topological polar surface area (TPSA) is 46.2 Å². The molecule has 1 aromatic rings. The largest absolute Gasteiger partial charge is 0.375 e. The Kier molecular flexibility index (Phi) is 5.69. The zero-order chi connectivity index (χ0) is 15.6. The van der Waals surface area contributed by atoms with E-state index in [2.05, 4.69) is 21.2 Å². The molecule has 0 spiro atoms. The van der Waals surface area contributed by atoms with Crippen molar-refractivity contribution >= 4 is 43.0 Å². The fraction of sp³-hybridized carbons (Fsp3) is 0.462. The molecule has 112 valence electrons. The number of benzene rings is 1. The van der Waals surface area contributed by atoms with Crippen LogP contribution in [0.25, 0.3) is 0 Å². The minimum atomic E-state index is -3.06. The molecule has 1 N–H and O–H groups in total. The standard InChI is InChI=1S/C7H13NO2S2.C6H4BrF/c1-5-4-12(9,10)7(2,3)6(11)8-5;7-5-1-3-6(8)4-2-5/h5H,4H2,1-3H3,(H,8,11);1-4H. The molecule has 0 radical (unpaired) electrons. The van der Waals surface area contributed by atoms with Crippen LogP contribution < -0.4 is 5.32 Å². The molecule has 7 heteroatoms. The molecule has 2 rings (SSSR count). The van der Waals surface area contributed by atoms with Gasteiger partial charge in [-0.3, -0.25) is 0 Å². The molecule has 3 nitrogen and oxygen atoms in total. The van der Waals surface area contributed by atoms with Gasteiger partial charge in [-0.25, -0.2) is 12.8 Å². The molecule has 0 aromatic heterocycles. The molecular formula is C13H17BrFNO2S2. The van der Waals surface area contributed by atoms with Gasteiger partial charge in [0, 0.05) is 10.5 Å². The summed E-state index contributed by atoms with van der Waals surface area (Å²) in [5.74, 6) is -0.0339. The third-order valence-corrected chi connectivity index (χ3v) is 6.96. The van der Waals surface area contributed by atoms with Gasteiger partial charge in [0.25, 0.3) is 0 Å². The van der Waals surface area contributed by atoms with Crippen LogP contribution in [0.3, 0.4) is 0 Å². The first-order chi connectivity index (χ1) is 9.06. The average molecular weight is 382 g/mol. The number of hydrogen-bond acceptors (Lipinski definition) is 3. The van der Waals surface area contributed by atoms with Crippen molar-refractivity contribution in [2.24, 2.45) is 0 Å². The normalized spacial score (nSPS) is 23.2. The predicted molar refractivity (Wildman–Crippen MR) is 87.2 cm³/mol. The van der Waals surface area contributed by atoms with E-state index in [9.17, 15) is 12.8 Å². The number of hydrogen-bond donors (Lipinski definition) is 1. The maximum absolute atomic E-state index is 12.1. The van der Waals surface area contributed by atoms with Crippen molar-refractivity contribution in [3.8, 4) is 0 Å². The van der Waals surface area contributed by atoms with Gasteiger partial charge in [0.15, 0.2) is 9.84 Å². The van der Waals surface area contributed by atoms with E-state index in [-0.39, 0.29) is 17.6 Å². The summed E-state index contributed by atoms with van der Waals surface area (Å²) in [4.78, 5) is 0.432. The summed E-state index contributed by atoms with van der Waals surface area (Å²) < 4.78 is 35.3. The van der Waals surface area contributed by atoms with E-state index < -0.39 is 14.6 Å². The molecule has 1 saturated heterocycles. The summed E-state index contributed by atoms with van der Waals surface area (Å²) in [6, 6.07) is 6.08. The van der Waals surface area contributed by atoms with Crippen molar-refractivity contribution < 1.29 is 12.8 Å². The van der Waals surface area contributed by atoms with Gasteiger partial charge in [-0.05, 0) is 45.0 Å². The maximum Gasteiger partial charge on any atom is 0.163 e. The lowest BCUT2D eigenvalue weighted by Gasteiger charge is -2.34. The SMILES string of the molecule is CC1CS(=O)(=O)C(C)(C)C(=S)N1.Fc1ccc(Br)cc1. The first-order valence-corrected chi connectivity index (χ1v) is 8.86. The second kappa shape index (κ2) is 6.49. The first kappa shape index (κ1) is 17.5. The molecule has 1 atom stereocenters. The second-order valence-corrected chi connectivity index (χ2v) is 9.01. The van der Waals surface area contributed by atoms with E-state index in [0.717, 1.165) is 4.47 Å². The Morgan fingerprint density at radius 2 is 1.85 bits per heavy atom. The molecule has 0 saturated carbocycles. The van der Waals surface area contributed by atoms with E-state index in [1.807, 2.05) is 6.92 Å². The van der Waals surface area contributed by atoms with Gasteiger partial charge in [0.2, 0.25) is 0 Å². The minimum Gasteiger partial charge on any atom is -0.375 e. The molecular weight excluding hydrogens is 365 g/mol. The van der Waals surface area contributed by atoms with Crippen molar-refractivity contribution in [2.45, 2.75) is 31.6 Å². The number of nitrogens with one attached hydrogen (secondary N) is 1. The highest BCUT2D eigenvalue weighted by Gasteiger charge is 2.43. The summed E-state index contributed by atoms with van der Waals surface area (Å²) in [5, 5.41) is 2.98. The van der Waals surface area contributed by atoms with Gasteiger partial charge in [0.05, 0.1) is 10.7 Å². The molecule has 1 heterocycles. The van der Waals surface area contributed by atoms with Crippen LogP contribution in [-0.2, 0) is 9.84 Å². The molecule has 0 amide bonds. The van der Waals surface area contributed by atoms with Crippen molar-refractivity contribution in [1.29, 1.82) is 0 Å². The molecule has 1 aliphatic heterocycles. The summed E-state index contributed by atoms with van der Waals surface area (Å²) >= 11 is 8.16. The number of rotatable bonds is 0. The molecule has 1 aromatic carbocycles. The molecule has 1 aliphatic rings. The highest BCUT2D eigenvalue weighted by Crippen LogP contribution is 2.23. The highest BCUT2D eigenvalue weighted by atomic mass is 79.9. The van der Waals surface area contributed by atoms with Crippen LogP contribution in [0.4, 0.5) is 4.39 Å². The van der Waals surface area contributed by atoms with E-state index in [0.29, 0.717) is 4.99 Å². The van der Waals surface area contributed by atoms with Crippen molar-refractivity contribution in [3.63, 3.8) is 0 Å². The fourth-order valence-corrected chi connectivity index (χ4v) is 3.89. The van der Waals surface area contributed by atoms with Crippen molar-refractivity contribution in [2.75, 3.05) is 5.75 Å². The van der Waals surface area contributed by atoms with Gasteiger partial charge in [-0.2, -0.15) is 0 Å². The Labute approximate surface area is 133 Å². The van der Waals surface area contributed by atoms with Crippen LogP contribution in [0.15, 0.2) is 28.7 Å². The van der Waals surface area contributed by atoms with Crippen LogP contribution in [0.5, 0.6) is 0 Å². The lowest BCUT2D eigenvalue weighted by atomic mass is 10.2. The van der Waals surface area contributed by atoms with E-state index >= 15 is 0 Å². The van der Waals surface area contributed by atoms with E-state index in [4.69, 9.17) is 12.2 Å². The zero-order valence-electron chi connectivity index (χ0n) is 11.5. The van der Waals surface area contributed by atoms with E-state index in [1.54, 1.807) is 26.0 Å². The molecule has 1 unspecified atom stereocenters. The highest BCUT2D eigenvalue weighted by molar-refractivity contribution is 9.10. The van der Waals surface area contributed by atoms with Gasteiger partial charge >= 0.3 is 0 Å². The predicted octanol–water partition coefficient (Wildman–Crippen LogP) is 3.09. The number of halogens is 2. The smallest absolute Gasteiger partial charge is 0.163 e. The van der Waals surface area contributed by atoms with Gasteiger partial charge < -0.3 is 5.32 Å². The van der Waals surface area contributed by atoms with Crippen LogP contribution in [0.2, 0.25) is 0 Å². The molecule has 20 heavy (non-hydrogen) atoms. The van der Waals surface area contributed by atoms with Crippen molar-refractivity contribution in [1.82, 2.24) is 5.32 Å². The van der Waals surface area contributed by atoms with Crippen LogP contribution >= 0.6 is 28.1 Å². The number of sulfone groups is 1. The quantitative estimate of drug-likeness (QED) is 0.701. The Balaban J connectivity index is 0.000000217. The molecule has 0 aliphatic carbocycles. The summed E-state index contributed by atoms with van der Waals surface area (Å²) in [7, 11) is -3.06. The average Bonchev–Trinajstić information content (AvgIpc) is 2.31. The monoisotopic (exact) mass is 381 g/mol. The van der Waals surface area contributed by atoms with Crippen LogP contribution in [0, 0.1) is 5.82 Å². The third-order valence-electron chi connectivity index (χ3n) is 2.97. The van der Waals surface area contributed by atoms with Crippen LogP contribution in [0.1, 0.15) is 20.8 Å². The Morgan fingerprint density at radius 3 is 2.25 bits per heavy atom. The van der Waals surface area contributed by atoms with Gasteiger partial charge in [-0.1, -0.05) is 28.1 Å². The molecule has 0 bridgehead atoms. The Bertz CT molecular complexity index is 564. The second-order valence-electron chi connectivity index (χ2n) is 5.10. The van der Waals surface area contributed by atoms with Gasteiger partial charge in [-0.15, -0.1) is 0 Å². The zero-order valence-corrected chi connectivity index (χ0v) is 14.7. The maximum atomic E-state index is 12.1. The summed E-state index contributed by atoms with van der Waals surface area (Å²) in [5.41, 5.74) is 0. The lowest BCUT2D eigenvalue weighted by molar-refractivity contribution is 0.551. The van der Waals surface area contributed by atoms with Crippen LogP contribution in [-0.4, -0.2) is 29.9 Å². The van der Waals surface area contributed by atoms with Gasteiger partial charge in [0.1, 0.15) is 10.6 Å². The number of thiocarbonyl (C=S) groups is 1. The van der Waals surface area contributed by atoms with E-state index in [1.165, 1.54) is 12.1 Å². The molecule has 1 fully saturated rings. The third kappa shape index (κ3) is 4.23. The minimum absolute atomic E-state index is 0.0597. The van der Waals surface area contributed by atoms with Crippen molar-refractivity contribution in [3.05, 3.63) is 34.6 Å². The first-order valence-electron chi connectivity index (χ1n) is 6.00. The Hall–Kier alpha value is -0.530.